The summed E-state index contributed by atoms with van der Waals surface area (Å²) in [5.74, 6) is 1.12. The van der Waals surface area contributed by atoms with Gasteiger partial charge in [0.1, 0.15) is 0 Å². The number of hydrogen-bond acceptors (Lipinski definition) is 3. The Morgan fingerprint density at radius 3 is 2.64 bits per heavy atom. The molecule has 0 spiro atoms. The number of terminal acetylenes is 1. The lowest BCUT2D eigenvalue weighted by Gasteiger charge is -2.00. The van der Waals surface area contributed by atoms with Gasteiger partial charge in [0.05, 0.1) is 11.1 Å². The SMILES string of the molecule is C#Cc1c(C)ccc2c1C(=O)OC2=O. The number of fused-ring (bicyclic) bond motifs is 1. The van der Waals surface area contributed by atoms with Crippen molar-refractivity contribution in [2.45, 2.75) is 6.92 Å². The Morgan fingerprint density at radius 1 is 1.29 bits per heavy atom. The summed E-state index contributed by atoms with van der Waals surface area (Å²) in [6.45, 7) is 1.78. The number of aryl methyl sites for hydroxylation is 1. The Hall–Kier alpha value is -2.08. The second-order valence-electron chi connectivity index (χ2n) is 3.00. The van der Waals surface area contributed by atoms with E-state index in [1.54, 1.807) is 19.1 Å². The van der Waals surface area contributed by atoms with Crippen molar-refractivity contribution in [1.29, 1.82) is 0 Å². The molecule has 0 aromatic heterocycles. The molecule has 0 fully saturated rings. The first-order chi connectivity index (χ1) is 6.65. The van der Waals surface area contributed by atoms with Gasteiger partial charge in [-0.25, -0.2) is 9.59 Å². The molecule has 3 nitrogen and oxygen atoms in total. The fourth-order valence-corrected chi connectivity index (χ4v) is 1.47. The predicted octanol–water partition coefficient (Wildman–Crippen LogP) is 1.29. The van der Waals surface area contributed by atoms with Gasteiger partial charge in [0.15, 0.2) is 0 Å². The molecule has 2 rings (SSSR count). The summed E-state index contributed by atoms with van der Waals surface area (Å²) < 4.78 is 4.46. The first kappa shape index (κ1) is 8.52. The molecule has 1 aliphatic rings. The number of hydrogen-bond donors (Lipinski definition) is 0. The van der Waals surface area contributed by atoms with E-state index in [4.69, 9.17) is 6.42 Å². The first-order valence-corrected chi connectivity index (χ1v) is 4.02. The number of cyclic esters (lactones) is 2. The lowest BCUT2D eigenvalue weighted by Crippen LogP contribution is -1.99. The molecule has 3 heteroatoms. The molecule has 0 saturated heterocycles. The van der Waals surface area contributed by atoms with E-state index in [1.165, 1.54) is 0 Å². The molecule has 14 heavy (non-hydrogen) atoms. The summed E-state index contributed by atoms with van der Waals surface area (Å²) in [7, 11) is 0. The van der Waals surface area contributed by atoms with Crippen LogP contribution in [0.3, 0.4) is 0 Å². The smallest absolute Gasteiger partial charge is 0.348 e. The van der Waals surface area contributed by atoms with Crippen LogP contribution < -0.4 is 0 Å². The summed E-state index contributed by atoms with van der Waals surface area (Å²) >= 11 is 0. The Kier molecular flexibility index (Phi) is 1.65. The third-order valence-corrected chi connectivity index (χ3v) is 2.17. The maximum atomic E-state index is 11.3. The van der Waals surface area contributed by atoms with Crippen molar-refractivity contribution in [3.8, 4) is 12.3 Å². The monoisotopic (exact) mass is 186 g/mol. The van der Waals surface area contributed by atoms with Crippen LogP contribution in [0.25, 0.3) is 0 Å². The highest BCUT2D eigenvalue weighted by Crippen LogP contribution is 2.25. The van der Waals surface area contributed by atoms with Crippen LogP contribution >= 0.6 is 0 Å². The van der Waals surface area contributed by atoms with Crippen LogP contribution in [0.2, 0.25) is 0 Å². The zero-order chi connectivity index (χ0) is 10.3. The molecular weight excluding hydrogens is 180 g/mol. The Morgan fingerprint density at radius 2 is 2.00 bits per heavy atom. The molecule has 1 heterocycles. The predicted molar refractivity (Wildman–Crippen MR) is 48.9 cm³/mol. The van der Waals surface area contributed by atoms with Crippen LogP contribution in [0, 0.1) is 19.3 Å². The maximum Gasteiger partial charge on any atom is 0.348 e. The summed E-state index contributed by atoms with van der Waals surface area (Å²) in [5, 5.41) is 0. The molecule has 0 unspecified atom stereocenters. The standard InChI is InChI=1S/C11H6O3/c1-3-7-6(2)4-5-8-9(7)11(13)14-10(8)12/h1,4-5H,2H3. The van der Waals surface area contributed by atoms with Crippen molar-refractivity contribution in [3.63, 3.8) is 0 Å². The molecule has 0 radical (unpaired) electrons. The maximum absolute atomic E-state index is 11.3. The van der Waals surface area contributed by atoms with Gasteiger partial charge >= 0.3 is 11.9 Å². The van der Waals surface area contributed by atoms with E-state index >= 15 is 0 Å². The number of carbonyl (C=O) groups excluding carboxylic acids is 2. The van der Waals surface area contributed by atoms with Crippen molar-refractivity contribution in [2.24, 2.45) is 0 Å². The second-order valence-corrected chi connectivity index (χ2v) is 3.00. The molecule has 0 N–H and O–H groups in total. The molecule has 1 aromatic carbocycles. The normalized spacial score (nSPS) is 13.4. The topological polar surface area (TPSA) is 43.4 Å². The van der Waals surface area contributed by atoms with E-state index in [0.29, 0.717) is 5.56 Å². The van der Waals surface area contributed by atoms with Crippen LogP contribution in [0.4, 0.5) is 0 Å². The van der Waals surface area contributed by atoms with Gasteiger partial charge in [-0.05, 0) is 18.6 Å². The molecule has 68 valence electrons. The highest BCUT2D eigenvalue weighted by atomic mass is 16.6. The van der Waals surface area contributed by atoms with E-state index in [-0.39, 0.29) is 11.1 Å². The average molecular weight is 186 g/mol. The molecular formula is C11H6O3. The summed E-state index contributed by atoms with van der Waals surface area (Å²) in [6.07, 6.45) is 5.26. The summed E-state index contributed by atoms with van der Waals surface area (Å²) in [5.41, 5.74) is 1.71. The Bertz CT molecular complexity index is 492. The highest BCUT2D eigenvalue weighted by molar-refractivity contribution is 6.16. The van der Waals surface area contributed by atoms with Gasteiger partial charge in [-0.1, -0.05) is 12.0 Å². The largest absolute Gasteiger partial charge is 0.386 e. The highest BCUT2D eigenvalue weighted by Gasteiger charge is 2.32. The molecule has 0 amide bonds. The number of benzene rings is 1. The number of rotatable bonds is 0. The third-order valence-electron chi connectivity index (χ3n) is 2.17. The lowest BCUT2D eigenvalue weighted by atomic mass is 9.98. The van der Waals surface area contributed by atoms with Gasteiger partial charge in [-0.15, -0.1) is 6.42 Å². The van der Waals surface area contributed by atoms with Gasteiger partial charge in [-0.2, -0.15) is 0 Å². The first-order valence-electron chi connectivity index (χ1n) is 4.02. The van der Waals surface area contributed by atoms with Gasteiger partial charge in [0.25, 0.3) is 0 Å². The molecule has 1 aliphatic heterocycles. The van der Waals surface area contributed by atoms with Crippen LogP contribution in [-0.4, -0.2) is 11.9 Å². The average Bonchev–Trinajstić information content (AvgIpc) is 2.43. The van der Waals surface area contributed by atoms with Gasteiger partial charge in [0.2, 0.25) is 0 Å². The van der Waals surface area contributed by atoms with E-state index in [0.717, 1.165) is 5.56 Å². The number of esters is 2. The van der Waals surface area contributed by atoms with E-state index in [1.807, 2.05) is 0 Å². The van der Waals surface area contributed by atoms with Crippen molar-refractivity contribution in [1.82, 2.24) is 0 Å². The lowest BCUT2D eigenvalue weighted by molar-refractivity contribution is 0.0443. The quantitative estimate of drug-likeness (QED) is 0.348. The molecule has 0 bridgehead atoms. The zero-order valence-corrected chi connectivity index (χ0v) is 7.46. The van der Waals surface area contributed by atoms with Gasteiger partial charge in [0, 0.05) is 5.56 Å². The second kappa shape index (κ2) is 2.71. The number of carbonyl (C=O) groups is 2. The van der Waals surface area contributed by atoms with Crippen molar-refractivity contribution in [3.05, 3.63) is 34.4 Å². The van der Waals surface area contributed by atoms with Crippen LogP contribution in [0.1, 0.15) is 31.8 Å². The van der Waals surface area contributed by atoms with Crippen molar-refractivity contribution in [2.75, 3.05) is 0 Å². The molecule has 0 aliphatic carbocycles. The molecule has 0 atom stereocenters. The van der Waals surface area contributed by atoms with E-state index in [2.05, 4.69) is 10.7 Å². The molecule has 1 aromatic rings. The third kappa shape index (κ3) is 0.944. The Labute approximate surface area is 80.7 Å². The van der Waals surface area contributed by atoms with E-state index < -0.39 is 11.9 Å². The van der Waals surface area contributed by atoms with Crippen LogP contribution in [-0.2, 0) is 4.74 Å². The van der Waals surface area contributed by atoms with Crippen molar-refractivity contribution < 1.29 is 14.3 Å². The fourth-order valence-electron chi connectivity index (χ4n) is 1.47. The van der Waals surface area contributed by atoms with E-state index in [9.17, 15) is 9.59 Å². The van der Waals surface area contributed by atoms with Gasteiger partial charge in [-0.3, -0.25) is 0 Å². The molecule has 0 saturated carbocycles. The Balaban J connectivity index is 2.83. The number of ether oxygens (including phenoxy) is 1. The van der Waals surface area contributed by atoms with Crippen LogP contribution in [0.5, 0.6) is 0 Å². The summed E-state index contributed by atoms with van der Waals surface area (Å²) in [4.78, 5) is 22.4. The van der Waals surface area contributed by atoms with Crippen molar-refractivity contribution >= 4 is 11.9 Å². The summed E-state index contributed by atoms with van der Waals surface area (Å²) in [6, 6.07) is 3.26. The fraction of sp³-hybridized carbons (Fsp3) is 0.0909. The zero-order valence-electron chi connectivity index (χ0n) is 7.46. The minimum Gasteiger partial charge on any atom is -0.386 e. The van der Waals surface area contributed by atoms with Crippen LogP contribution in [0.15, 0.2) is 12.1 Å². The van der Waals surface area contributed by atoms with Gasteiger partial charge < -0.3 is 4.74 Å². The minimum atomic E-state index is -0.651. The minimum absolute atomic E-state index is 0.220.